The fourth-order valence-electron chi connectivity index (χ4n) is 2.98. The van der Waals surface area contributed by atoms with Gasteiger partial charge in [0.25, 0.3) is 0 Å². The first-order valence-electron chi connectivity index (χ1n) is 8.10. The smallest absolute Gasteiger partial charge is 0.212 e. The van der Waals surface area contributed by atoms with Gasteiger partial charge in [-0.1, -0.05) is 87.5 Å². The van der Waals surface area contributed by atoms with Gasteiger partial charge in [0, 0.05) is 14.3 Å². The average Bonchev–Trinajstić information content (AvgIpc) is 2.70. The molecule has 0 unspecified atom stereocenters. The molecule has 0 amide bonds. The van der Waals surface area contributed by atoms with Crippen molar-refractivity contribution in [3.8, 4) is 11.1 Å². The summed E-state index contributed by atoms with van der Waals surface area (Å²) >= 11 is -0.889. The van der Waals surface area contributed by atoms with Crippen molar-refractivity contribution in [2.24, 2.45) is 0 Å². The van der Waals surface area contributed by atoms with E-state index < -0.39 is 20.7 Å². The second-order valence-electron chi connectivity index (χ2n) is 5.83. The zero-order chi connectivity index (χ0) is 18.1. The van der Waals surface area contributed by atoms with Crippen molar-refractivity contribution in [1.29, 1.82) is 5.41 Å². The lowest BCUT2D eigenvalue weighted by Gasteiger charge is -2.05. The molecule has 0 fully saturated rings. The minimum atomic E-state index is -0.889. The summed E-state index contributed by atoms with van der Waals surface area (Å²) in [6.07, 6.45) is 0. The highest BCUT2D eigenvalue weighted by atomic mass is 127. The van der Waals surface area contributed by atoms with E-state index in [9.17, 15) is 9.59 Å². The van der Waals surface area contributed by atoms with Crippen molar-refractivity contribution in [2.45, 2.75) is 0 Å². The number of rotatable bonds is 2. The summed E-state index contributed by atoms with van der Waals surface area (Å²) in [6, 6.07) is 24.5. The normalized spacial score (nSPS) is 12.1. The molecule has 4 heteroatoms. The number of benzene rings is 4. The molecule has 0 heterocycles. The molecule has 1 N–H and O–H groups in total. The molecule has 4 aromatic rings. The second-order valence-corrected chi connectivity index (χ2v) is 8.70. The standard InChI is InChI=1S/C22H14INO2/c24-20-19(23-15-10-5-2-6-11-15)22(26)18-16(14-8-3-1-4-9-14)12-7-13-17(18)21(20)25/h1-13,24H. The zero-order valence-electron chi connectivity index (χ0n) is 13.7. The van der Waals surface area contributed by atoms with Gasteiger partial charge in [-0.15, -0.1) is 0 Å². The summed E-state index contributed by atoms with van der Waals surface area (Å²) < 4.78 is 1.39. The molecule has 0 saturated heterocycles. The van der Waals surface area contributed by atoms with E-state index in [1.54, 1.807) is 12.1 Å². The summed E-state index contributed by atoms with van der Waals surface area (Å²) in [7, 11) is 0. The van der Waals surface area contributed by atoms with Crippen molar-refractivity contribution in [1.82, 2.24) is 0 Å². The molecule has 0 aliphatic rings. The maximum Gasteiger partial charge on any atom is 0.212 e. The Balaban J connectivity index is 2.18. The van der Waals surface area contributed by atoms with Gasteiger partial charge in [0.2, 0.25) is 10.9 Å². The summed E-state index contributed by atoms with van der Waals surface area (Å²) in [6.45, 7) is 0. The van der Waals surface area contributed by atoms with Crippen LogP contribution in [0.4, 0.5) is 0 Å². The van der Waals surface area contributed by atoms with E-state index in [0.717, 1.165) is 14.7 Å². The van der Waals surface area contributed by atoms with Crippen molar-refractivity contribution in [3.05, 3.63) is 111 Å². The Labute approximate surface area is 159 Å². The van der Waals surface area contributed by atoms with Crippen LogP contribution >= 0.6 is 20.7 Å². The van der Waals surface area contributed by atoms with Gasteiger partial charge in [-0.05, 0) is 23.3 Å². The van der Waals surface area contributed by atoms with Crippen molar-refractivity contribution in [3.63, 3.8) is 0 Å². The third-order valence-electron chi connectivity index (χ3n) is 4.20. The highest BCUT2D eigenvalue weighted by molar-refractivity contribution is 14.2. The molecule has 0 aliphatic heterocycles. The predicted octanol–water partition coefficient (Wildman–Crippen LogP) is 3.95. The topological polar surface area (TPSA) is 58.0 Å². The van der Waals surface area contributed by atoms with E-state index in [0.29, 0.717) is 13.9 Å². The van der Waals surface area contributed by atoms with Gasteiger partial charge in [-0.3, -0.25) is 15.0 Å². The Bertz CT molecular complexity index is 1320. The molecular formula is C22H14INO2. The van der Waals surface area contributed by atoms with E-state index in [1.807, 2.05) is 66.7 Å². The Morgan fingerprint density at radius 2 is 1.35 bits per heavy atom. The van der Waals surface area contributed by atoms with E-state index in [2.05, 4.69) is 0 Å². The van der Waals surface area contributed by atoms with Crippen LogP contribution in [0, 0.1) is 12.1 Å². The lowest BCUT2D eigenvalue weighted by Crippen LogP contribution is -2.31. The third kappa shape index (κ3) is 2.86. The summed E-state index contributed by atoms with van der Waals surface area (Å²) in [5.74, 6) is 0. The molecule has 3 nitrogen and oxygen atoms in total. The molecule has 0 saturated carbocycles. The van der Waals surface area contributed by atoms with Crippen molar-refractivity contribution in [2.75, 3.05) is 0 Å². The van der Waals surface area contributed by atoms with Gasteiger partial charge >= 0.3 is 0 Å². The number of hydrogen-bond donors (Lipinski definition) is 1. The molecule has 126 valence electrons. The first kappa shape index (κ1) is 16.7. The Hall–Kier alpha value is -2.73. The van der Waals surface area contributed by atoms with Gasteiger partial charge in [0.1, 0.15) is 5.36 Å². The molecule has 26 heavy (non-hydrogen) atoms. The van der Waals surface area contributed by atoms with Gasteiger partial charge < -0.3 is 0 Å². The summed E-state index contributed by atoms with van der Waals surface area (Å²) in [5, 5.41) is 8.88. The van der Waals surface area contributed by atoms with Gasteiger partial charge in [0.15, 0.2) is 0 Å². The molecular weight excluding hydrogens is 437 g/mol. The van der Waals surface area contributed by atoms with Crippen LogP contribution in [0.5, 0.6) is 0 Å². The van der Waals surface area contributed by atoms with Crippen LogP contribution in [0.1, 0.15) is 0 Å². The number of halogens is 1. The van der Waals surface area contributed by atoms with E-state index >= 15 is 0 Å². The monoisotopic (exact) mass is 451 g/mol. The van der Waals surface area contributed by atoms with E-state index in [1.165, 1.54) is 0 Å². The fourth-order valence-corrected chi connectivity index (χ4v) is 5.41. The highest BCUT2D eigenvalue weighted by Crippen LogP contribution is 2.25. The Kier molecular flexibility index (Phi) is 4.42. The van der Waals surface area contributed by atoms with Gasteiger partial charge in [-0.2, -0.15) is 0 Å². The molecule has 0 bridgehead atoms. The third-order valence-corrected chi connectivity index (χ3v) is 7.11. The molecule has 4 rings (SSSR count). The first-order valence-corrected chi connectivity index (χ1v) is 10.3. The number of nitrogens with one attached hydrogen (secondary N) is 1. The van der Waals surface area contributed by atoms with Crippen LogP contribution in [0.3, 0.4) is 0 Å². The van der Waals surface area contributed by atoms with Crippen molar-refractivity contribution >= 4 is 31.5 Å². The van der Waals surface area contributed by atoms with Crippen LogP contribution in [0.25, 0.3) is 21.9 Å². The van der Waals surface area contributed by atoms with Gasteiger partial charge in [0.05, 0.1) is 3.15 Å². The fraction of sp³-hybridized carbons (Fsp3) is 0. The summed E-state index contributed by atoms with van der Waals surface area (Å²) in [4.78, 5) is 26.0. The van der Waals surface area contributed by atoms with E-state index in [4.69, 9.17) is 5.41 Å². The SMILES string of the molecule is N=c1c(=Ic2ccccc2)c(=O)c2c(-c3ccccc3)cccc2c1=O. The molecule has 0 aromatic heterocycles. The summed E-state index contributed by atoms with van der Waals surface area (Å²) in [5.41, 5.74) is 1.11. The zero-order valence-corrected chi connectivity index (χ0v) is 15.9. The van der Waals surface area contributed by atoms with Gasteiger partial charge in [-0.25, -0.2) is 0 Å². The van der Waals surface area contributed by atoms with Crippen LogP contribution in [-0.2, 0) is 0 Å². The minimum absolute atomic E-state index is 0.149. The number of hydrogen-bond acceptors (Lipinski definition) is 3. The average molecular weight is 451 g/mol. The second kappa shape index (κ2) is 6.88. The van der Waals surface area contributed by atoms with Crippen LogP contribution in [-0.4, -0.2) is 0 Å². The molecule has 0 atom stereocenters. The molecule has 0 radical (unpaired) electrons. The maximum atomic E-state index is 13.3. The molecule has 0 spiro atoms. The quantitative estimate of drug-likeness (QED) is 0.470. The maximum absolute atomic E-state index is 13.3. The lowest BCUT2D eigenvalue weighted by atomic mass is 9.98. The van der Waals surface area contributed by atoms with Crippen LogP contribution < -0.4 is 16.2 Å². The van der Waals surface area contributed by atoms with E-state index in [-0.39, 0.29) is 16.2 Å². The molecule has 4 aromatic carbocycles. The first-order chi connectivity index (χ1) is 12.7. The Morgan fingerprint density at radius 1 is 0.692 bits per heavy atom. The minimum Gasteiger partial charge on any atom is -0.296 e. The highest BCUT2D eigenvalue weighted by Gasteiger charge is 2.13. The molecule has 0 aliphatic carbocycles. The Morgan fingerprint density at radius 3 is 2.04 bits per heavy atom. The number of fused-ring (bicyclic) bond motifs is 1. The largest absolute Gasteiger partial charge is 0.296 e. The predicted molar refractivity (Wildman–Crippen MR) is 113 cm³/mol. The van der Waals surface area contributed by atoms with Crippen LogP contribution in [0.2, 0.25) is 0 Å². The lowest BCUT2D eigenvalue weighted by molar-refractivity contribution is 1.23. The van der Waals surface area contributed by atoms with Crippen LogP contribution in [0.15, 0.2) is 88.5 Å². The van der Waals surface area contributed by atoms with Crippen molar-refractivity contribution < 1.29 is 0 Å².